The van der Waals surface area contributed by atoms with E-state index in [0.29, 0.717) is 23.5 Å². The van der Waals surface area contributed by atoms with Crippen LogP contribution in [0.2, 0.25) is 0 Å². The van der Waals surface area contributed by atoms with Crippen LogP contribution in [0.1, 0.15) is 59.2 Å². The summed E-state index contributed by atoms with van der Waals surface area (Å²) < 4.78 is 5.70. The first-order chi connectivity index (χ1) is 13.4. The van der Waals surface area contributed by atoms with Gasteiger partial charge in [-0.3, -0.25) is 10.5 Å². The molecule has 3 nitrogen and oxygen atoms in total. The molecule has 4 rings (SSSR count). The number of ether oxygens (including phenoxy) is 1. The Morgan fingerprint density at radius 1 is 1.21 bits per heavy atom. The van der Waals surface area contributed by atoms with E-state index < -0.39 is 5.72 Å². The lowest BCUT2D eigenvalue weighted by atomic mass is 9.81. The van der Waals surface area contributed by atoms with Crippen LogP contribution in [-0.2, 0) is 4.74 Å². The van der Waals surface area contributed by atoms with E-state index in [-0.39, 0.29) is 11.7 Å². The monoisotopic (exact) mass is 369 g/mol. The highest BCUT2D eigenvalue weighted by molar-refractivity contribution is 6.10. The average molecular weight is 369 g/mol. The molecular weight excluding hydrogens is 346 g/mol. The van der Waals surface area contributed by atoms with Gasteiger partial charge in [-0.05, 0) is 28.7 Å². The van der Waals surface area contributed by atoms with Gasteiger partial charge < -0.3 is 4.74 Å². The molecule has 140 valence electrons. The SMILES string of the molecule is C#CCC1=CC(c2ccccc2C(=O)c2ccc(C(C)C)cc2)C2(N)OC2=C1. The van der Waals surface area contributed by atoms with Gasteiger partial charge in [0.15, 0.2) is 11.5 Å². The van der Waals surface area contributed by atoms with Crippen LogP contribution in [0.3, 0.4) is 0 Å². The minimum Gasteiger partial charge on any atom is -0.463 e. The van der Waals surface area contributed by atoms with Crippen molar-refractivity contribution in [3.05, 3.63) is 94.3 Å². The van der Waals surface area contributed by atoms with E-state index in [9.17, 15) is 4.79 Å². The number of nitrogens with two attached hydrogens (primary N) is 1. The second kappa shape index (κ2) is 6.82. The minimum atomic E-state index is -0.879. The van der Waals surface area contributed by atoms with Crippen LogP contribution < -0.4 is 5.73 Å². The number of fused-ring (bicyclic) bond motifs is 1. The maximum atomic E-state index is 13.3. The van der Waals surface area contributed by atoms with Gasteiger partial charge >= 0.3 is 0 Å². The van der Waals surface area contributed by atoms with Crippen molar-refractivity contribution in [3.8, 4) is 12.3 Å². The van der Waals surface area contributed by atoms with Crippen molar-refractivity contribution in [2.45, 2.75) is 37.8 Å². The normalized spacial score (nSPS) is 22.5. The summed E-state index contributed by atoms with van der Waals surface area (Å²) in [5.41, 5.74) is 9.94. The van der Waals surface area contributed by atoms with Gasteiger partial charge in [-0.1, -0.05) is 68.5 Å². The van der Waals surface area contributed by atoms with Crippen LogP contribution in [0.5, 0.6) is 0 Å². The second-order valence-electron chi connectivity index (χ2n) is 7.70. The number of terminal acetylenes is 1. The van der Waals surface area contributed by atoms with Crippen LogP contribution >= 0.6 is 0 Å². The largest absolute Gasteiger partial charge is 0.463 e. The van der Waals surface area contributed by atoms with Crippen LogP contribution in [0.25, 0.3) is 0 Å². The van der Waals surface area contributed by atoms with Crippen molar-refractivity contribution in [1.82, 2.24) is 0 Å². The Morgan fingerprint density at radius 2 is 1.93 bits per heavy atom. The number of carbonyl (C=O) groups is 1. The van der Waals surface area contributed by atoms with E-state index >= 15 is 0 Å². The van der Waals surface area contributed by atoms with Gasteiger partial charge in [0.05, 0.1) is 5.92 Å². The predicted octanol–water partition coefficient (Wildman–Crippen LogP) is 4.66. The summed E-state index contributed by atoms with van der Waals surface area (Å²) in [6, 6.07) is 15.4. The molecule has 0 spiro atoms. The molecule has 0 amide bonds. The number of hydrogen-bond acceptors (Lipinski definition) is 3. The van der Waals surface area contributed by atoms with Crippen molar-refractivity contribution in [2.75, 3.05) is 0 Å². The Morgan fingerprint density at radius 3 is 2.61 bits per heavy atom. The van der Waals surface area contributed by atoms with E-state index in [0.717, 1.165) is 16.9 Å². The van der Waals surface area contributed by atoms with E-state index in [1.165, 1.54) is 5.56 Å². The van der Waals surface area contributed by atoms with Crippen LogP contribution in [-0.4, -0.2) is 11.5 Å². The molecule has 0 aromatic heterocycles. The maximum absolute atomic E-state index is 13.3. The summed E-state index contributed by atoms with van der Waals surface area (Å²) in [6.45, 7) is 4.27. The molecule has 1 heterocycles. The number of epoxide rings is 1. The lowest BCUT2D eigenvalue weighted by molar-refractivity contribution is 0.103. The van der Waals surface area contributed by atoms with Crippen molar-refractivity contribution >= 4 is 5.78 Å². The van der Waals surface area contributed by atoms with Crippen molar-refractivity contribution in [3.63, 3.8) is 0 Å². The lowest BCUT2D eigenvalue weighted by Crippen LogP contribution is -2.33. The summed E-state index contributed by atoms with van der Waals surface area (Å²) >= 11 is 0. The van der Waals surface area contributed by atoms with E-state index in [2.05, 4.69) is 19.8 Å². The molecule has 3 heteroatoms. The third-order valence-corrected chi connectivity index (χ3v) is 5.47. The van der Waals surface area contributed by atoms with Crippen LogP contribution in [0.4, 0.5) is 0 Å². The summed E-state index contributed by atoms with van der Waals surface area (Å²) in [5, 5.41) is 0. The molecule has 2 aromatic rings. The smallest absolute Gasteiger partial charge is 0.226 e. The lowest BCUT2D eigenvalue weighted by Gasteiger charge is -2.22. The average Bonchev–Trinajstić information content (AvgIpc) is 3.38. The fourth-order valence-electron chi connectivity index (χ4n) is 3.77. The van der Waals surface area contributed by atoms with Gasteiger partial charge in [0.25, 0.3) is 0 Å². The molecule has 1 aliphatic heterocycles. The minimum absolute atomic E-state index is 0.0156. The molecule has 0 radical (unpaired) electrons. The first kappa shape index (κ1) is 18.3. The summed E-state index contributed by atoms with van der Waals surface area (Å²) in [4.78, 5) is 13.3. The Hall–Kier alpha value is -3.09. The van der Waals surface area contributed by atoms with Gasteiger partial charge in [0.1, 0.15) is 0 Å². The topological polar surface area (TPSA) is 55.6 Å². The van der Waals surface area contributed by atoms with Crippen molar-refractivity contribution < 1.29 is 9.53 Å². The molecule has 2 aromatic carbocycles. The zero-order chi connectivity index (χ0) is 19.9. The first-order valence-corrected chi connectivity index (χ1v) is 9.52. The van der Waals surface area contributed by atoms with Crippen molar-refractivity contribution in [1.29, 1.82) is 0 Å². The van der Waals surface area contributed by atoms with Gasteiger partial charge in [0.2, 0.25) is 5.72 Å². The van der Waals surface area contributed by atoms with Crippen molar-refractivity contribution in [2.24, 2.45) is 5.73 Å². The second-order valence-corrected chi connectivity index (χ2v) is 7.70. The number of ketones is 1. The molecule has 1 aliphatic carbocycles. The molecule has 1 saturated heterocycles. The highest BCUT2D eigenvalue weighted by Crippen LogP contribution is 2.52. The van der Waals surface area contributed by atoms with Gasteiger partial charge in [-0.2, -0.15) is 0 Å². The van der Waals surface area contributed by atoms with E-state index in [1.807, 2.05) is 60.7 Å². The zero-order valence-corrected chi connectivity index (χ0v) is 16.1. The summed E-state index contributed by atoms with van der Waals surface area (Å²) in [5.74, 6) is 3.56. The van der Waals surface area contributed by atoms with E-state index in [4.69, 9.17) is 16.9 Å². The fourth-order valence-corrected chi connectivity index (χ4v) is 3.77. The number of hydrogen-bond donors (Lipinski definition) is 1. The standard InChI is InChI=1S/C25H23NO2/c1-4-7-17-14-22(25(26)23(15-17)28-25)20-8-5-6-9-21(20)24(27)19-12-10-18(11-13-19)16(2)3/h1,5-6,8-16,22H,7,26H2,2-3H3. The molecule has 28 heavy (non-hydrogen) atoms. The number of benzene rings is 2. The Kier molecular flexibility index (Phi) is 4.45. The molecule has 2 atom stereocenters. The quantitative estimate of drug-likeness (QED) is 0.474. The summed E-state index contributed by atoms with van der Waals surface area (Å²) in [6.07, 6.45) is 9.92. The van der Waals surface area contributed by atoms with Gasteiger partial charge in [-0.25, -0.2) is 0 Å². The highest BCUT2D eigenvalue weighted by atomic mass is 16.6. The molecular formula is C25H23NO2. The maximum Gasteiger partial charge on any atom is 0.226 e. The third kappa shape index (κ3) is 3.06. The predicted molar refractivity (Wildman–Crippen MR) is 111 cm³/mol. The molecule has 2 N–H and O–H groups in total. The molecule has 1 fully saturated rings. The molecule has 2 aliphatic rings. The van der Waals surface area contributed by atoms with Crippen LogP contribution in [0, 0.1) is 12.3 Å². The van der Waals surface area contributed by atoms with Gasteiger partial charge in [0, 0.05) is 17.5 Å². The molecule has 2 unspecified atom stereocenters. The summed E-state index contributed by atoms with van der Waals surface area (Å²) in [7, 11) is 0. The van der Waals surface area contributed by atoms with E-state index in [1.54, 1.807) is 0 Å². The Bertz CT molecular complexity index is 1040. The fraction of sp³-hybridized carbons (Fsp3) is 0.240. The molecule has 0 bridgehead atoms. The van der Waals surface area contributed by atoms with Crippen LogP contribution in [0.15, 0.2) is 72.0 Å². The number of carbonyl (C=O) groups excluding carboxylic acids is 1. The highest BCUT2D eigenvalue weighted by Gasteiger charge is 2.57. The first-order valence-electron chi connectivity index (χ1n) is 9.52. The number of rotatable bonds is 5. The Labute approximate surface area is 165 Å². The van der Waals surface area contributed by atoms with Gasteiger partial charge in [-0.15, -0.1) is 12.3 Å². The third-order valence-electron chi connectivity index (χ3n) is 5.47. The number of allylic oxidation sites excluding steroid dienone is 2. The molecule has 0 saturated carbocycles. The zero-order valence-electron chi connectivity index (χ0n) is 16.1. The Balaban J connectivity index is 1.72.